The van der Waals surface area contributed by atoms with Crippen LogP contribution in [0.1, 0.15) is 86.6 Å². The summed E-state index contributed by atoms with van der Waals surface area (Å²) in [5.74, 6) is -1.16. The van der Waals surface area contributed by atoms with Gasteiger partial charge in [0.05, 0.1) is 99.1 Å². The van der Waals surface area contributed by atoms with Gasteiger partial charge in [-0.2, -0.15) is 40.8 Å². The van der Waals surface area contributed by atoms with Crippen LogP contribution in [0.25, 0.3) is 85.1 Å². The molecule has 632 valence electrons. The van der Waals surface area contributed by atoms with Gasteiger partial charge in [0.25, 0.3) is 36.6 Å². The van der Waals surface area contributed by atoms with Crippen molar-refractivity contribution in [3.05, 3.63) is 165 Å². The van der Waals surface area contributed by atoms with Gasteiger partial charge in [-0.3, -0.25) is 67.9 Å². The highest BCUT2D eigenvalue weighted by Crippen LogP contribution is 2.37. The SMILES string of the molecule is CCOCCn1cc(NC(=O)c2csc(-c3cn[nH]c3)n2)c(-c2nccs2)n1.COCCOCCn1cc(NC(=O)c2csc(-c3cn[nH]c3)n2)c(-c2nccs2)n1.O=C(Nc1cn(C2CCOCC2)nc1-c1nccs1)c1csc(-c2cn[nH]c2)n1.O=C(Nc1cn(C2CCOCC2)nc1-c1nccs1)c1csc(-c2cn[nH]c2)n1.O=CO.O=CO. The zero-order chi connectivity index (χ0) is 84.8. The molecule has 2 saturated heterocycles. The molecule has 18 rings (SSSR count). The molecule has 0 radical (unpaired) electrons. The molecule has 0 aromatic carbocycles. The summed E-state index contributed by atoms with van der Waals surface area (Å²) >= 11 is 11.5. The number of nitrogens with one attached hydrogen (secondary N) is 8. The minimum atomic E-state index is -0.310. The first-order valence-electron chi connectivity index (χ1n) is 36.8. The summed E-state index contributed by atoms with van der Waals surface area (Å²) in [5, 5.41) is 91.2. The molecule has 16 aromatic heterocycles. The smallest absolute Gasteiger partial charge is 0.290 e. The van der Waals surface area contributed by atoms with Gasteiger partial charge in [-0.25, -0.2) is 39.9 Å². The van der Waals surface area contributed by atoms with E-state index in [0.29, 0.717) is 141 Å². The molecule has 0 saturated carbocycles. The first-order valence-corrected chi connectivity index (χ1v) is 43.8. The highest BCUT2D eigenvalue weighted by Gasteiger charge is 2.28. The van der Waals surface area contributed by atoms with Gasteiger partial charge in [-0.1, -0.05) is 0 Å². The zero-order valence-corrected chi connectivity index (χ0v) is 70.9. The Morgan fingerprint density at radius 1 is 0.434 bits per heavy atom. The van der Waals surface area contributed by atoms with Crippen LogP contribution in [0.3, 0.4) is 0 Å². The summed E-state index contributed by atoms with van der Waals surface area (Å²) in [7, 11) is 1.63. The van der Waals surface area contributed by atoms with Crippen LogP contribution < -0.4 is 21.3 Å². The maximum atomic E-state index is 12.8. The van der Waals surface area contributed by atoms with E-state index in [2.05, 4.69) is 112 Å². The summed E-state index contributed by atoms with van der Waals surface area (Å²) in [6, 6.07) is 0.500. The summed E-state index contributed by atoms with van der Waals surface area (Å²) in [6.07, 6.45) is 31.5. The Hall–Kier alpha value is -12.7. The summed E-state index contributed by atoms with van der Waals surface area (Å²) < 4.78 is 34.1. The van der Waals surface area contributed by atoms with Crippen LogP contribution in [-0.2, 0) is 46.4 Å². The molecule has 18 heterocycles. The maximum Gasteiger partial charge on any atom is 0.290 e. The van der Waals surface area contributed by atoms with E-state index in [1.807, 2.05) is 50.2 Å². The molecular formula is C73H74N28O13S8. The van der Waals surface area contributed by atoms with Gasteiger partial charge in [0.15, 0.2) is 0 Å². The molecule has 49 heteroatoms. The molecule has 0 bridgehead atoms. The minimum Gasteiger partial charge on any atom is -0.483 e. The van der Waals surface area contributed by atoms with Crippen molar-refractivity contribution in [3.8, 4) is 85.1 Å². The van der Waals surface area contributed by atoms with Crippen LogP contribution in [0, 0.1) is 0 Å². The number of amides is 4. The van der Waals surface area contributed by atoms with Gasteiger partial charge in [0.2, 0.25) is 0 Å². The Morgan fingerprint density at radius 2 is 0.738 bits per heavy atom. The predicted octanol–water partition coefficient (Wildman–Crippen LogP) is 12.2. The van der Waals surface area contributed by atoms with Gasteiger partial charge < -0.3 is 55.2 Å². The number of carboxylic acid groups (broad SMARTS) is 2. The van der Waals surface area contributed by atoms with E-state index in [-0.39, 0.29) is 48.7 Å². The number of rotatable bonds is 28. The zero-order valence-electron chi connectivity index (χ0n) is 64.4. The van der Waals surface area contributed by atoms with Gasteiger partial charge >= 0.3 is 0 Å². The third-order valence-corrected chi connectivity index (χ3v) is 23.8. The van der Waals surface area contributed by atoms with Gasteiger partial charge in [0.1, 0.15) is 85.6 Å². The highest BCUT2D eigenvalue weighted by atomic mass is 32.1. The molecule has 2 fully saturated rings. The lowest BCUT2D eigenvalue weighted by molar-refractivity contribution is -0.123. The molecule has 10 N–H and O–H groups in total. The molecule has 0 unspecified atom stereocenters. The van der Waals surface area contributed by atoms with Crippen molar-refractivity contribution in [2.75, 3.05) is 87.8 Å². The van der Waals surface area contributed by atoms with Crippen molar-refractivity contribution in [2.45, 2.75) is 57.8 Å². The Bertz CT molecular complexity index is 5640. The molecule has 16 aromatic rings. The second-order valence-electron chi connectivity index (χ2n) is 25.0. The van der Waals surface area contributed by atoms with E-state index >= 15 is 0 Å². The van der Waals surface area contributed by atoms with E-state index in [0.717, 1.165) is 88.0 Å². The van der Waals surface area contributed by atoms with Crippen molar-refractivity contribution in [2.24, 2.45) is 0 Å². The lowest BCUT2D eigenvalue weighted by Gasteiger charge is -2.22. The first kappa shape index (κ1) is 87.2. The number of nitrogens with zero attached hydrogens (tertiary/aromatic N) is 20. The van der Waals surface area contributed by atoms with Crippen molar-refractivity contribution in [1.82, 2.24) is 120 Å². The van der Waals surface area contributed by atoms with Gasteiger partial charge in [-0.05, 0) is 32.6 Å². The number of thiazole rings is 8. The topological polar surface area (TPSA) is 526 Å². The van der Waals surface area contributed by atoms with Crippen molar-refractivity contribution in [3.63, 3.8) is 0 Å². The molecule has 4 amide bonds. The number of methoxy groups -OCH3 is 1. The third-order valence-electron chi connectivity index (χ3n) is 17.1. The van der Waals surface area contributed by atoms with Crippen LogP contribution in [0.15, 0.2) is 142 Å². The lowest BCUT2D eigenvalue weighted by Crippen LogP contribution is -2.20. The van der Waals surface area contributed by atoms with Crippen LogP contribution in [0.4, 0.5) is 22.7 Å². The Labute approximate surface area is 723 Å². The molecule has 122 heavy (non-hydrogen) atoms. The van der Waals surface area contributed by atoms with E-state index in [4.69, 9.17) is 53.7 Å². The molecule has 0 spiro atoms. The molecule has 0 aliphatic carbocycles. The standard InChI is InChI=1S/C18H19N7O3S2.2C18H17N7O2S2.C17H17N7O2S2.2CH2O2/c1-27-5-6-28-4-3-25-10-13(15(24-25)18-19-2-7-29-18)22-16(26)14-11-30-17(23-14)12-8-20-21-9-12;2*26-16(14-10-29-17(23-14)11-7-20-21-8-11)22-13-9-25(12-1-4-27-5-2-12)24-15(13)18-19-3-6-28-18;1-2-26-5-4-24-9-12(14(23-24)17-18-3-6-27-17)21-15(25)13-10-28-16(22-13)11-7-19-20-8-11;2*2-1-3/h2,7-11H,3-6H2,1H3,(H,20,21)(H,22,26);2*3,6-10,12H,1-2,4-5H2,(H,20,21)(H,22,26);3,6-10H,2,4-5H2,1H3,(H,19,20)(H,21,25);2*1H,(H,2,3). The average Bonchev–Trinajstić information content (AvgIpc) is 1.61. The predicted molar refractivity (Wildman–Crippen MR) is 459 cm³/mol. The second kappa shape index (κ2) is 44.6. The average molecular weight is 1810 g/mol. The number of anilines is 4. The number of aromatic nitrogens is 24. The first-order chi connectivity index (χ1) is 59.9. The molecule has 0 atom stereocenters. The number of hydrogen-bond donors (Lipinski definition) is 10. The van der Waals surface area contributed by atoms with E-state index in [1.54, 1.807) is 125 Å². The Morgan fingerprint density at radius 3 is 1.02 bits per heavy atom. The van der Waals surface area contributed by atoms with E-state index in [1.165, 1.54) is 90.7 Å². The van der Waals surface area contributed by atoms with Crippen molar-refractivity contribution in [1.29, 1.82) is 0 Å². The number of ether oxygens (including phenoxy) is 5. The highest BCUT2D eigenvalue weighted by molar-refractivity contribution is 7.15. The number of hydrogen-bond acceptors (Lipinski definition) is 35. The number of carbonyl (C=O) groups excluding carboxylic acids is 4. The summed E-state index contributed by atoms with van der Waals surface area (Å²) in [5.41, 5.74) is 9.79. The fourth-order valence-corrected chi connectivity index (χ4v) is 17.1. The van der Waals surface area contributed by atoms with E-state index < -0.39 is 0 Å². The van der Waals surface area contributed by atoms with Crippen molar-refractivity contribution >= 4 is 150 Å². The summed E-state index contributed by atoms with van der Waals surface area (Å²) in [4.78, 5) is 103. The van der Waals surface area contributed by atoms with E-state index in [9.17, 15) is 19.2 Å². The Balaban J connectivity index is 0.000000137. The lowest BCUT2D eigenvalue weighted by atomic mass is 10.1. The fraction of sp³-hybridized carbons (Fsp3) is 0.260. The fourth-order valence-electron chi connectivity index (χ4n) is 11.5. The van der Waals surface area contributed by atoms with Crippen LogP contribution in [0.2, 0.25) is 0 Å². The minimum absolute atomic E-state index is 0.250. The number of carbonyl (C=O) groups is 6. The molecule has 2 aliphatic heterocycles. The molecular weight excluding hydrogens is 1730 g/mol. The van der Waals surface area contributed by atoms with Crippen molar-refractivity contribution < 1.29 is 62.7 Å². The summed E-state index contributed by atoms with van der Waals surface area (Å²) in [6.45, 7) is 8.17. The van der Waals surface area contributed by atoms with Gasteiger partial charge in [-0.15, -0.1) is 90.7 Å². The molecule has 41 nitrogen and oxygen atoms in total. The second-order valence-corrected chi connectivity index (χ2v) is 32.0. The number of H-pyrrole nitrogens is 4. The van der Waals surface area contributed by atoms with Crippen LogP contribution in [-0.4, -0.2) is 233 Å². The maximum absolute atomic E-state index is 12.8. The van der Waals surface area contributed by atoms with Crippen LogP contribution in [0.5, 0.6) is 0 Å². The quantitative estimate of drug-likeness (QED) is 0.0161. The number of aromatic amines is 4. The monoisotopic (exact) mass is 1810 g/mol. The molecule has 2 aliphatic rings. The van der Waals surface area contributed by atoms with Crippen LogP contribution >= 0.6 is 90.7 Å². The van der Waals surface area contributed by atoms with Gasteiger partial charge in [0, 0.05) is 180 Å². The normalized spacial score (nSPS) is 12.5. The Kier molecular flexibility index (Phi) is 31.8. The largest absolute Gasteiger partial charge is 0.483 e. The third kappa shape index (κ3) is 23.5.